The fraction of sp³-hybridized carbons (Fsp3) is 0.286. The maximum atomic E-state index is 11.6. The highest BCUT2D eigenvalue weighted by Crippen LogP contribution is 2.39. The minimum atomic E-state index is -0.263. The summed E-state index contributed by atoms with van der Waals surface area (Å²) in [6, 6.07) is 5.48. The third-order valence-corrected chi connectivity index (χ3v) is 2.96. The highest BCUT2D eigenvalue weighted by atomic mass is 35.5. The van der Waals surface area contributed by atoms with E-state index in [-0.39, 0.29) is 18.6 Å². The number of amides is 1. The van der Waals surface area contributed by atoms with E-state index in [2.05, 4.69) is 5.32 Å². The molecule has 1 N–H and O–H groups in total. The Balaban J connectivity index is 2.00. The van der Waals surface area contributed by atoms with Gasteiger partial charge in [-0.25, -0.2) is 0 Å². The Labute approximate surface area is 121 Å². The molecule has 6 heteroatoms. The topological polar surface area (TPSA) is 71.4 Å². The number of rotatable bonds is 4. The van der Waals surface area contributed by atoms with Gasteiger partial charge in [-0.05, 0) is 30.7 Å². The van der Waals surface area contributed by atoms with Gasteiger partial charge >= 0.3 is 0 Å². The van der Waals surface area contributed by atoms with Crippen LogP contribution < -0.4 is 14.8 Å². The van der Waals surface area contributed by atoms with E-state index >= 15 is 0 Å². The molecule has 0 saturated carbocycles. The van der Waals surface area contributed by atoms with Gasteiger partial charge in [0.25, 0.3) is 0 Å². The first-order valence-corrected chi connectivity index (χ1v) is 6.42. The molecule has 1 amide bonds. The van der Waals surface area contributed by atoms with Gasteiger partial charge in [0, 0.05) is 12.6 Å². The van der Waals surface area contributed by atoms with Gasteiger partial charge in [0.15, 0.2) is 11.5 Å². The summed E-state index contributed by atoms with van der Waals surface area (Å²) in [6.45, 7) is 2.21. The number of nitrogens with zero attached hydrogens (tertiary/aromatic N) is 1. The molecule has 1 aromatic rings. The Hall–Kier alpha value is -2.19. The molecule has 1 aliphatic heterocycles. The van der Waals surface area contributed by atoms with Crippen molar-refractivity contribution in [2.45, 2.75) is 6.92 Å². The molecule has 0 saturated heterocycles. The largest absolute Gasteiger partial charge is 0.454 e. The van der Waals surface area contributed by atoms with Crippen LogP contribution in [0.4, 0.5) is 0 Å². The van der Waals surface area contributed by atoms with E-state index in [1.165, 1.54) is 6.08 Å². The molecule has 0 radical (unpaired) electrons. The van der Waals surface area contributed by atoms with Crippen molar-refractivity contribution in [3.8, 4) is 17.6 Å². The number of hydrogen-bond donors (Lipinski definition) is 1. The number of halogens is 1. The van der Waals surface area contributed by atoms with E-state index in [0.717, 1.165) is 5.56 Å². The van der Waals surface area contributed by atoms with Crippen molar-refractivity contribution in [2.24, 2.45) is 5.92 Å². The van der Waals surface area contributed by atoms with Crippen LogP contribution in [0.15, 0.2) is 18.2 Å². The van der Waals surface area contributed by atoms with Gasteiger partial charge < -0.3 is 14.8 Å². The fourth-order valence-electron chi connectivity index (χ4n) is 1.61. The van der Waals surface area contributed by atoms with Gasteiger partial charge in [-0.3, -0.25) is 4.79 Å². The van der Waals surface area contributed by atoms with Crippen molar-refractivity contribution in [2.75, 3.05) is 13.3 Å². The van der Waals surface area contributed by atoms with E-state index < -0.39 is 0 Å². The second-order valence-corrected chi connectivity index (χ2v) is 4.75. The van der Waals surface area contributed by atoms with E-state index in [9.17, 15) is 4.79 Å². The Morgan fingerprint density at radius 1 is 1.60 bits per heavy atom. The van der Waals surface area contributed by atoms with E-state index in [0.29, 0.717) is 23.1 Å². The first kappa shape index (κ1) is 14.2. The van der Waals surface area contributed by atoms with Crippen LogP contribution in [0.25, 0.3) is 6.08 Å². The molecular weight excluding hydrogens is 280 g/mol. The van der Waals surface area contributed by atoms with Crippen LogP contribution in [0, 0.1) is 17.2 Å². The predicted molar refractivity (Wildman–Crippen MR) is 74.4 cm³/mol. The molecule has 0 aromatic heterocycles. The van der Waals surface area contributed by atoms with Crippen LogP contribution in [-0.2, 0) is 4.79 Å². The van der Waals surface area contributed by atoms with Crippen LogP contribution in [-0.4, -0.2) is 19.2 Å². The zero-order chi connectivity index (χ0) is 14.5. The van der Waals surface area contributed by atoms with Gasteiger partial charge in [0.05, 0.1) is 17.0 Å². The van der Waals surface area contributed by atoms with E-state index in [1.54, 1.807) is 25.1 Å². The summed E-state index contributed by atoms with van der Waals surface area (Å²) in [5, 5.41) is 11.7. The maximum absolute atomic E-state index is 11.6. The molecule has 1 heterocycles. The van der Waals surface area contributed by atoms with Gasteiger partial charge in [0.1, 0.15) is 0 Å². The summed E-state index contributed by atoms with van der Waals surface area (Å²) in [6.07, 6.45) is 3.01. The van der Waals surface area contributed by atoms with Crippen molar-refractivity contribution < 1.29 is 14.3 Å². The Kier molecular flexibility index (Phi) is 4.49. The number of benzene rings is 1. The molecule has 104 valence electrons. The highest BCUT2D eigenvalue weighted by molar-refractivity contribution is 6.32. The molecule has 1 atom stereocenters. The first-order chi connectivity index (χ1) is 9.60. The quantitative estimate of drug-likeness (QED) is 0.865. The second kappa shape index (κ2) is 6.31. The van der Waals surface area contributed by atoms with Crippen molar-refractivity contribution in [1.82, 2.24) is 5.32 Å². The monoisotopic (exact) mass is 292 g/mol. The number of fused-ring (bicyclic) bond motifs is 1. The normalized spacial score (nSPS) is 14.1. The van der Waals surface area contributed by atoms with Crippen molar-refractivity contribution in [3.63, 3.8) is 0 Å². The number of ether oxygens (including phenoxy) is 2. The van der Waals surface area contributed by atoms with Gasteiger partial charge in [0.2, 0.25) is 12.7 Å². The molecule has 0 spiro atoms. The number of nitriles is 1. The average molecular weight is 293 g/mol. The highest BCUT2D eigenvalue weighted by Gasteiger charge is 2.17. The zero-order valence-corrected chi connectivity index (χ0v) is 11.6. The molecule has 2 rings (SSSR count). The molecule has 0 aliphatic carbocycles. The maximum Gasteiger partial charge on any atom is 0.244 e. The average Bonchev–Trinajstić information content (AvgIpc) is 2.91. The van der Waals surface area contributed by atoms with Gasteiger partial charge in [-0.15, -0.1) is 0 Å². The standard InChI is InChI=1S/C14H13ClN2O3/c1-9(6-16)7-17-13(18)3-2-10-4-11(15)14-12(5-10)19-8-20-14/h2-5,9H,7-8H2,1H3,(H,17,18)/b3-2-/t9-/m0/s1. The Morgan fingerprint density at radius 2 is 2.40 bits per heavy atom. The first-order valence-electron chi connectivity index (χ1n) is 6.05. The minimum Gasteiger partial charge on any atom is -0.454 e. The smallest absolute Gasteiger partial charge is 0.244 e. The lowest BCUT2D eigenvalue weighted by Crippen LogP contribution is -2.25. The molecule has 0 bridgehead atoms. The molecule has 20 heavy (non-hydrogen) atoms. The third-order valence-electron chi connectivity index (χ3n) is 2.68. The van der Waals surface area contributed by atoms with Crippen molar-refractivity contribution in [1.29, 1.82) is 5.26 Å². The van der Waals surface area contributed by atoms with Gasteiger partial charge in [-0.2, -0.15) is 5.26 Å². The van der Waals surface area contributed by atoms with Crippen LogP contribution >= 0.6 is 11.6 Å². The van der Waals surface area contributed by atoms with Crippen LogP contribution in [0.5, 0.6) is 11.5 Å². The van der Waals surface area contributed by atoms with E-state index in [1.807, 2.05) is 6.07 Å². The van der Waals surface area contributed by atoms with Crippen LogP contribution in [0.2, 0.25) is 5.02 Å². The molecule has 0 unspecified atom stereocenters. The van der Waals surface area contributed by atoms with Crippen LogP contribution in [0.3, 0.4) is 0 Å². The second-order valence-electron chi connectivity index (χ2n) is 4.35. The number of hydrogen-bond acceptors (Lipinski definition) is 4. The third kappa shape index (κ3) is 3.43. The lowest BCUT2D eigenvalue weighted by molar-refractivity contribution is -0.116. The van der Waals surface area contributed by atoms with Crippen LogP contribution in [0.1, 0.15) is 12.5 Å². The molecule has 0 fully saturated rings. The van der Waals surface area contributed by atoms with E-state index in [4.69, 9.17) is 26.3 Å². The minimum absolute atomic E-state index is 0.148. The zero-order valence-electron chi connectivity index (χ0n) is 10.9. The molecule has 1 aromatic carbocycles. The molecular formula is C14H13ClN2O3. The summed E-state index contributed by atoms with van der Waals surface area (Å²) >= 11 is 6.04. The SMILES string of the molecule is C[C@@H](C#N)CNC(=O)/C=C\c1cc(Cl)c2c(c1)OCO2. The summed E-state index contributed by atoms with van der Waals surface area (Å²) in [5.41, 5.74) is 0.739. The number of nitrogens with one attached hydrogen (secondary N) is 1. The summed E-state index contributed by atoms with van der Waals surface area (Å²) in [7, 11) is 0. The summed E-state index contributed by atoms with van der Waals surface area (Å²) in [4.78, 5) is 11.6. The summed E-state index contributed by atoms with van der Waals surface area (Å²) in [5.74, 6) is 0.611. The number of carbonyl (C=O) groups is 1. The lowest BCUT2D eigenvalue weighted by atomic mass is 10.2. The lowest BCUT2D eigenvalue weighted by Gasteiger charge is -2.03. The molecule has 1 aliphatic rings. The summed E-state index contributed by atoms with van der Waals surface area (Å²) < 4.78 is 10.4. The number of carbonyl (C=O) groups excluding carboxylic acids is 1. The Morgan fingerprint density at radius 3 is 3.15 bits per heavy atom. The predicted octanol–water partition coefficient (Wildman–Crippen LogP) is 2.36. The fourth-order valence-corrected chi connectivity index (χ4v) is 1.89. The van der Waals surface area contributed by atoms with Gasteiger partial charge in [-0.1, -0.05) is 11.6 Å². The van der Waals surface area contributed by atoms with Crippen molar-refractivity contribution >= 4 is 23.6 Å². The Bertz CT molecular complexity index is 593. The van der Waals surface area contributed by atoms with Crippen molar-refractivity contribution in [3.05, 3.63) is 28.8 Å². The molecule has 5 nitrogen and oxygen atoms in total.